The molecule has 1 saturated carbocycles. The smallest absolute Gasteiger partial charge is 0.252 e. The topological polar surface area (TPSA) is 87.3 Å². The Morgan fingerprint density at radius 2 is 2.00 bits per heavy atom. The average molecular weight is 410 g/mol. The van der Waals surface area contributed by atoms with Gasteiger partial charge in [0.15, 0.2) is 0 Å². The molecule has 1 aliphatic carbocycles. The second-order valence-corrected chi connectivity index (χ2v) is 7.26. The molecule has 0 saturated heterocycles. The van der Waals surface area contributed by atoms with Crippen LogP contribution in [0.2, 0.25) is 0 Å². The zero-order valence-electron chi connectivity index (χ0n) is 14.1. The molecule has 1 aromatic carbocycles. The minimum atomic E-state index is -0.268. The monoisotopic (exact) mass is 409 g/mol. The van der Waals surface area contributed by atoms with Gasteiger partial charge in [-0.2, -0.15) is 0 Å². The van der Waals surface area contributed by atoms with E-state index >= 15 is 0 Å². The second-order valence-electron chi connectivity index (χ2n) is 6.34. The highest BCUT2D eigenvalue weighted by Gasteiger charge is 2.25. The summed E-state index contributed by atoms with van der Waals surface area (Å²) in [5.74, 6) is -0.118. The zero-order chi connectivity index (χ0) is 18.1. The summed E-state index contributed by atoms with van der Waals surface area (Å²) in [6.45, 7) is 0.387. The van der Waals surface area contributed by atoms with E-state index in [2.05, 4.69) is 31.9 Å². The first-order valence-corrected chi connectivity index (χ1v) is 9.38. The summed E-state index contributed by atoms with van der Waals surface area (Å²) in [6, 6.07) is 7.04. The molecular weight excluding hydrogens is 386 g/mol. The van der Waals surface area contributed by atoms with Crippen LogP contribution in [0.3, 0.4) is 0 Å². The maximum atomic E-state index is 12.4. The molecular formula is C18H24BrN3O3. The minimum Gasteiger partial charge on any atom is -0.358 e. The summed E-state index contributed by atoms with van der Waals surface area (Å²) in [7, 11) is 0. The SMILES string of the molecule is O=CNC[C@@H](CC1CCCC1)C(=O)NCNC(=O)c1cccc(Br)c1. The van der Waals surface area contributed by atoms with Crippen LogP contribution in [-0.4, -0.2) is 31.4 Å². The molecule has 3 N–H and O–H groups in total. The highest BCUT2D eigenvalue weighted by Crippen LogP contribution is 2.30. The number of nitrogens with one attached hydrogen (secondary N) is 3. The lowest BCUT2D eigenvalue weighted by atomic mass is 9.92. The number of halogens is 1. The Morgan fingerprint density at radius 1 is 1.24 bits per heavy atom. The van der Waals surface area contributed by atoms with Gasteiger partial charge >= 0.3 is 0 Å². The predicted molar refractivity (Wildman–Crippen MR) is 98.7 cm³/mol. The highest BCUT2D eigenvalue weighted by molar-refractivity contribution is 9.10. The predicted octanol–water partition coefficient (Wildman–Crippen LogP) is 2.20. The first-order chi connectivity index (χ1) is 12.1. The molecule has 1 fully saturated rings. The summed E-state index contributed by atoms with van der Waals surface area (Å²) in [6.07, 6.45) is 6.09. The second kappa shape index (κ2) is 10.2. The molecule has 0 unspecified atom stereocenters. The van der Waals surface area contributed by atoms with Crippen LogP contribution in [0.5, 0.6) is 0 Å². The van der Waals surface area contributed by atoms with Crippen LogP contribution in [-0.2, 0) is 9.59 Å². The van der Waals surface area contributed by atoms with Crippen LogP contribution in [0.15, 0.2) is 28.7 Å². The Bertz CT molecular complexity index is 603. The van der Waals surface area contributed by atoms with Crippen molar-refractivity contribution in [3.63, 3.8) is 0 Å². The van der Waals surface area contributed by atoms with E-state index in [0.717, 1.165) is 23.7 Å². The van der Waals surface area contributed by atoms with Crippen molar-refractivity contribution in [3.8, 4) is 0 Å². The number of hydrogen-bond donors (Lipinski definition) is 3. The van der Waals surface area contributed by atoms with E-state index in [-0.39, 0.29) is 24.4 Å². The summed E-state index contributed by atoms with van der Waals surface area (Å²) in [5.41, 5.74) is 0.522. The largest absolute Gasteiger partial charge is 0.358 e. The van der Waals surface area contributed by atoms with Crippen molar-refractivity contribution < 1.29 is 14.4 Å². The van der Waals surface area contributed by atoms with Crippen molar-refractivity contribution in [1.82, 2.24) is 16.0 Å². The van der Waals surface area contributed by atoms with Gasteiger partial charge in [-0.05, 0) is 30.5 Å². The van der Waals surface area contributed by atoms with Crippen molar-refractivity contribution in [3.05, 3.63) is 34.3 Å². The number of amides is 3. The van der Waals surface area contributed by atoms with Crippen molar-refractivity contribution in [2.45, 2.75) is 32.1 Å². The number of hydrogen-bond acceptors (Lipinski definition) is 3. The first kappa shape index (κ1) is 19.4. The van der Waals surface area contributed by atoms with Gasteiger partial charge in [-0.1, -0.05) is 47.7 Å². The van der Waals surface area contributed by atoms with Crippen LogP contribution < -0.4 is 16.0 Å². The highest BCUT2D eigenvalue weighted by atomic mass is 79.9. The summed E-state index contributed by atoms with van der Waals surface area (Å²) in [4.78, 5) is 35.0. The van der Waals surface area contributed by atoms with Gasteiger partial charge in [0.05, 0.1) is 12.6 Å². The first-order valence-electron chi connectivity index (χ1n) is 8.58. The molecule has 1 aliphatic rings. The molecule has 0 spiro atoms. The van der Waals surface area contributed by atoms with E-state index in [9.17, 15) is 14.4 Å². The molecule has 6 nitrogen and oxygen atoms in total. The third kappa shape index (κ3) is 6.49. The van der Waals surface area contributed by atoms with Gasteiger partial charge < -0.3 is 16.0 Å². The Morgan fingerprint density at radius 3 is 2.68 bits per heavy atom. The van der Waals surface area contributed by atoms with Crippen LogP contribution in [0, 0.1) is 11.8 Å². The van der Waals surface area contributed by atoms with E-state index in [4.69, 9.17) is 0 Å². The van der Waals surface area contributed by atoms with Gasteiger partial charge in [0.1, 0.15) is 0 Å². The van der Waals surface area contributed by atoms with Gasteiger partial charge in [-0.25, -0.2) is 0 Å². The van der Waals surface area contributed by atoms with Gasteiger partial charge in [-0.3, -0.25) is 14.4 Å². The molecule has 7 heteroatoms. The lowest BCUT2D eigenvalue weighted by Crippen LogP contribution is -2.43. The number of carbonyl (C=O) groups excluding carboxylic acids is 3. The molecule has 2 rings (SSSR count). The van der Waals surface area contributed by atoms with E-state index < -0.39 is 0 Å². The Hall–Kier alpha value is -1.89. The van der Waals surface area contributed by atoms with Crippen LogP contribution in [0.4, 0.5) is 0 Å². The summed E-state index contributed by atoms with van der Waals surface area (Å²) < 4.78 is 0.820. The molecule has 0 heterocycles. The lowest BCUT2D eigenvalue weighted by molar-refractivity contribution is -0.125. The van der Waals surface area contributed by atoms with E-state index in [0.29, 0.717) is 24.4 Å². The maximum Gasteiger partial charge on any atom is 0.252 e. The molecule has 1 atom stereocenters. The van der Waals surface area contributed by atoms with Gasteiger partial charge in [0.2, 0.25) is 12.3 Å². The van der Waals surface area contributed by atoms with E-state index in [1.807, 2.05) is 6.07 Å². The van der Waals surface area contributed by atoms with Gasteiger partial charge in [0, 0.05) is 16.6 Å². The Balaban J connectivity index is 1.80. The van der Waals surface area contributed by atoms with Crippen LogP contribution >= 0.6 is 15.9 Å². The third-order valence-corrected chi connectivity index (χ3v) is 5.00. The molecule has 0 aliphatic heterocycles. The van der Waals surface area contributed by atoms with Crippen LogP contribution in [0.25, 0.3) is 0 Å². The fourth-order valence-electron chi connectivity index (χ4n) is 3.21. The molecule has 1 aromatic rings. The number of carbonyl (C=O) groups is 3. The number of rotatable bonds is 9. The van der Waals surface area contributed by atoms with Crippen molar-refractivity contribution in [2.24, 2.45) is 11.8 Å². The molecule has 0 bridgehead atoms. The molecule has 3 amide bonds. The van der Waals surface area contributed by atoms with Crippen LogP contribution in [0.1, 0.15) is 42.5 Å². The van der Waals surface area contributed by atoms with Crippen molar-refractivity contribution >= 4 is 34.2 Å². The molecule has 0 radical (unpaired) electrons. The Labute approximate surface area is 156 Å². The normalized spacial score (nSPS) is 15.4. The van der Waals surface area contributed by atoms with Crippen molar-refractivity contribution in [2.75, 3.05) is 13.2 Å². The van der Waals surface area contributed by atoms with Gasteiger partial charge in [0.25, 0.3) is 5.91 Å². The van der Waals surface area contributed by atoms with E-state index in [1.54, 1.807) is 18.2 Å². The van der Waals surface area contributed by atoms with Crippen molar-refractivity contribution in [1.29, 1.82) is 0 Å². The zero-order valence-corrected chi connectivity index (χ0v) is 15.7. The molecule has 136 valence electrons. The summed E-state index contributed by atoms with van der Waals surface area (Å²) in [5, 5.41) is 8.02. The molecule has 0 aromatic heterocycles. The standard InChI is InChI=1S/C18H24BrN3O3/c19-16-7-3-6-14(9-16)17(24)21-11-22-18(25)15(10-20-12-23)8-13-4-1-2-5-13/h3,6-7,9,12-13,15H,1-2,4-5,8,10-11H2,(H,20,23)(H,21,24)(H,22,25)/t15-/m1/s1. The Kier molecular flexibility index (Phi) is 7.91. The minimum absolute atomic E-state index is 0.0619. The quantitative estimate of drug-likeness (QED) is 0.431. The number of benzene rings is 1. The maximum absolute atomic E-state index is 12.4. The van der Waals surface area contributed by atoms with E-state index in [1.165, 1.54) is 12.8 Å². The lowest BCUT2D eigenvalue weighted by Gasteiger charge is -2.20. The average Bonchev–Trinajstić information content (AvgIpc) is 3.11. The molecule has 25 heavy (non-hydrogen) atoms. The van der Waals surface area contributed by atoms with Gasteiger partial charge in [-0.15, -0.1) is 0 Å². The fraction of sp³-hybridized carbons (Fsp3) is 0.500. The fourth-order valence-corrected chi connectivity index (χ4v) is 3.61. The third-order valence-electron chi connectivity index (χ3n) is 4.51. The summed E-state index contributed by atoms with van der Waals surface area (Å²) >= 11 is 3.32.